The van der Waals surface area contributed by atoms with Crippen LogP contribution in [-0.2, 0) is 4.74 Å². The first kappa shape index (κ1) is 18.3. The number of aryl methyl sites for hydroxylation is 2. The van der Waals surface area contributed by atoms with E-state index in [9.17, 15) is 18.4 Å². The zero-order chi connectivity index (χ0) is 17.6. The van der Waals surface area contributed by atoms with Gasteiger partial charge in [-0.2, -0.15) is 0 Å². The molecule has 1 N–H and O–H groups in total. The molecule has 0 saturated heterocycles. The van der Waals surface area contributed by atoms with Crippen LogP contribution in [0.3, 0.4) is 0 Å². The normalized spacial score (nSPS) is 9.61. The topological polar surface area (TPSA) is 63.6 Å². The summed E-state index contributed by atoms with van der Waals surface area (Å²) in [6.07, 6.45) is 0. The molecule has 6 heteroatoms. The van der Waals surface area contributed by atoms with Crippen molar-refractivity contribution >= 4 is 11.9 Å². The molecular formula is C17H16F2O4. The second-order valence-corrected chi connectivity index (χ2v) is 4.72. The summed E-state index contributed by atoms with van der Waals surface area (Å²) in [7, 11) is 1.27. The zero-order valence-corrected chi connectivity index (χ0v) is 12.9. The van der Waals surface area contributed by atoms with Crippen LogP contribution in [0.25, 0.3) is 0 Å². The van der Waals surface area contributed by atoms with E-state index in [1.165, 1.54) is 31.4 Å². The van der Waals surface area contributed by atoms with E-state index in [2.05, 4.69) is 4.74 Å². The van der Waals surface area contributed by atoms with E-state index in [0.717, 1.165) is 6.07 Å². The lowest BCUT2D eigenvalue weighted by molar-refractivity contribution is 0.0598. The molecule has 0 radical (unpaired) electrons. The maximum atomic E-state index is 12.6. The third kappa shape index (κ3) is 5.18. The van der Waals surface area contributed by atoms with Crippen molar-refractivity contribution in [2.75, 3.05) is 7.11 Å². The maximum absolute atomic E-state index is 12.6. The molecule has 2 aromatic carbocycles. The van der Waals surface area contributed by atoms with Crippen LogP contribution >= 0.6 is 0 Å². The number of halogens is 2. The van der Waals surface area contributed by atoms with Crippen LogP contribution in [0, 0.1) is 25.5 Å². The molecule has 2 rings (SSSR count). The number of ether oxygens (including phenoxy) is 1. The van der Waals surface area contributed by atoms with Crippen molar-refractivity contribution in [2.45, 2.75) is 13.8 Å². The van der Waals surface area contributed by atoms with Crippen molar-refractivity contribution < 1.29 is 28.2 Å². The van der Waals surface area contributed by atoms with Gasteiger partial charge in [-0.15, -0.1) is 0 Å². The number of esters is 1. The lowest BCUT2D eigenvalue weighted by Gasteiger charge is -2.02. The fourth-order valence-electron chi connectivity index (χ4n) is 1.75. The van der Waals surface area contributed by atoms with Crippen LogP contribution in [0.4, 0.5) is 8.78 Å². The second-order valence-electron chi connectivity index (χ2n) is 4.72. The number of carboxylic acid groups (broad SMARTS) is 1. The molecule has 0 amide bonds. The highest BCUT2D eigenvalue weighted by atomic mass is 19.1. The van der Waals surface area contributed by atoms with Gasteiger partial charge in [-0.05, 0) is 49.2 Å². The number of hydrogen-bond donors (Lipinski definition) is 1. The van der Waals surface area contributed by atoms with Gasteiger partial charge in [-0.25, -0.2) is 18.4 Å². The van der Waals surface area contributed by atoms with E-state index in [1.807, 2.05) is 0 Å². The minimum atomic E-state index is -1.10. The Labute approximate surface area is 132 Å². The van der Waals surface area contributed by atoms with Crippen LogP contribution in [0.15, 0.2) is 36.4 Å². The Morgan fingerprint density at radius 3 is 1.74 bits per heavy atom. The predicted molar refractivity (Wildman–Crippen MR) is 80.6 cm³/mol. The molecule has 0 saturated carbocycles. The molecule has 0 heterocycles. The fraction of sp³-hybridized carbons (Fsp3) is 0.176. The van der Waals surface area contributed by atoms with Gasteiger partial charge in [0.1, 0.15) is 11.6 Å². The van der Waals surface area contributed by atoms with Crippen LogP contribution < -0.4 is 0 Å². The lowest BCUT2D eigenvalue weighted by atomic mass is 10.1. The number of methoxy groups -OCH3 is 1. The SMILES string of the molecule is COC(=O)c1cc(F)ccc1C.Cc1ccc(F)cc1C(=O)O. The van der Waals surface area contributed by atoms with Gasteiger partial charge >= 0.3 is 11.9 Å². The van der Waals surface area contributed by atoms with E-state index in [4.69, 9.17) is 5.11 Å². The van der Waals surface area contributed by atoms with Gasteiger partial charge < -0.3 is 9.84 Å². The van der Waals surface area contributed by atoms with Gasteiger partial charge in [-0.3, -0.25) is 0 Å². The number of rotatable bonds is 2. The highest BCUT2D eigenvalue weighted by molar-refractivity contribution is 5.91. The Bertz CT molecular complexity index is 727. The molecule has 23 heavy (non-hydrogen) atoms. The van der Waals surface area contributed by atoms with Gasteiger partial charge in [0.2, 0.25) is 0 Å². The summed E-state index contributed by atoms with van der Waals surface area (Å²) in [4.78, 5) is 21.4. The van der Waals surface area contributed by atoms with Crippen LogP contribution in [-0.4, -0.2) is 24.2 Å². The Kier molecular flexibility index (Phi) is 6.38. The Hall–Kier alpha value is -2.76. The van der Waals surface area contributed by atoms with E-state index < -0.39 is 23.6 Å². The van der Waals surface area contributed by atoms with Crippen molar-refractivity contribution in [3.05, 3.63) is 70.3 Å². The number of carbonyl (C=O) groups excluding carboxylic acids is 1. The molecule has 0 bridgehead atoms. The fourth-order valence-corrected chi connectivity index (χ4v) is 1.75. The van der Waals surface area contributed by atoms with Crippen LogP contribution in [0.5, 0.6) is 0 Å². The zero-order valence-electron chi connectivity index (χ0n) is 12.9. The largest absolute Gasteiger partial charge is 0.478 e. The first-order chi connectivity index (χ1) is 10.8. The molecule has 0 fully saturated rings. The monoisotopic (exact) mass is 322 g/mol. The molecule has 0 aromatic heterocycles. The molecule has 0 atom stereocenters. The maximum Gasteiger partial charge on any atom is 0.338 e. The molecule has 0 spiro atoms. The van der Waals surface area contributed by atoms with Crippen molar-refractivity contribution in [1.29, 1.82) is 0 Å². The number of hydrogen-bond acceptors (Lipinski definition) is 3. The van der Waals surface area contributed by atoms with Gasteiger partial charge in [-0.1, -0.05) is 12.1 Å². The Morgan fingerprint density at radius 2 is 1.35 bits per heavy atom. The summed E-state index contributed by atoms with van der Waals surface area (Å²) in [6, 6.07) is 7.71. The second kappa shape index (κ2) is 8.03. The number of carboxylic acids is 1. The molecule has 0 aliphatic carbocycles. The Balaban J connectivity index is 0.000000231. The van der Waals surface area contributed by atoms with Crippen molar-refractivity contribution in [3.63, 3.8) is 0 Å². The van der Waals surface area contributed by atoms with Crippen molar-refractivity contribution in [1.82, 2.24) is 0 Å². The van der Waals surface area contributed by atoms with E-state index in [0.29, 0.717) is 11.1 Å². The van der Waals surface area contributed by atoms with Gasteiger partial charge in [0.25, 0.3) is 0 Å². The average molecular weight is 322 g/mol. The van der Waals surface area contributed by atoms with E-state index in [1.54, 1.807) is 19.9 Å². The highest BCUT2D eigenvalue weighted by Crippen LogP contribution is 2.11. The molecule has 0 unspecified atom stereocenters. The van der Waals surface area contributed by atoms with Crippen LogP contribution in [0.1, 0.15) is 31.8 Å². The summed E-state index contributed by atoms with van der Waals surface area (Å²) in [5, 5.41) is 8.52. The third-order valence-corrected chi connectivity index (χ3v) is 3.03. The van der Waals surface area contributed by atoms with E-state index in [-0.39, 0.29) is 11.1 Å². The first-order valence-corrected chi connectivity index (χ1v) is 6.60. The first-order valence-electron chi connectivity index (χ1n) is 6.60. The minimum Gasteiger partial charge on any atom is -0.478 e. The summed E-state index contributed by atoms with van der Waals surface area (Å²) < 4.78 is 29.5. The third-order valence-electron chi connectivity index (χ3n) is 3.03. The molecule has 2 aromatic rings. The molecular weight excluding hydrogens is 306 g/mol. The summed E-state index contributed by atoms with van der Waals surface area (Å²) in [5.41, 5.74) is 1.57. The summed E-state index contributed by atoms with van der Waals surface area (Å²) >= 11 is 0. The van der Waals surface area contributed by atoms with Gasteiger partial charge in [0.05, 0.1) is 18.2 Å². The Morgan fingerprint density at radius 1 is 0.913 bits per heavy atom. The van der Waals surface area contributed by atoms with E-state index >= 15 is 0 Å². The molecule has 0 aliphatic rings. The van der Waals surface area contributed by atoms with Gasteiger partial charge in [0, 0.05) is 0 Å². The molecule has 0 aliphatic heterocycles. The summed E-state index contributed by atoms with van der Waals surface area (Å²) in [5.74, 6) is -2.55. The molecule has 4 nitrogen and oxygen atoms in total. The number of benzene rings is 2. The predicted octanol–water partition coefficient (Wildman–Crippen LogP) is 3.75. The summed E-state index contributed by atoms with van der Waals surface area (Å²) in [6.45, 7) is 3.36. The van der Waals surface area contributed by atoms with Crippen molar-refractivity contribution in [2.24, 2.45) is 0 Å². The quantitative estimate of drug-likeness (QED) is 0.855. The minimum absolute atomic E-state index is 0.0185. The lowest BCUT2D eigenvalue weighted by Crippen LogP contribution is -2.03. The standard InChI is InChI=1S/C9H9FO2.C8H7FO2/c1-6-3-4-7(10)5-8(6)9(11)12-2;1-5-2-3-6(9)4-7(5)8(10)11/h3-5H,1-2H3;2-4H,1H3,(H,10,11). The van der Waals surface area contributed by atoms with Crippen molar-refractivity contribution in [3.8, 4) is 0 Å². The number of carbonyl (C=O) groups is 2. The number of aromatic carboxylic acids is 1. The average Bonchev–Trinajstić information content (AvgIpc) is 2.51. The van der Waals surface area contributed by atoms with Crippen LogP contribution in [0.2, 0.25) is 0 Å². The molecule has 122 valence electrons. The highest BCUT2D eigenvalue weighted by Gasteiger charge is 2.09. The van der Waals surface area contributed by atoms with Gasteiger partial charge in [0.15, 0.2) is 0 Å². The smallest absolute Gasteiger partial charge is 0.338 e.